The van der Waals surface area contributed by atoms with E-state index in [0.29, 0.717) is 5.92 Å². The summed E-state index contributed by atoms with van der Waals surface area (Å²) < 4.78 is 0. The number of aryl methyl sites for hydroxylation is 3. The molecule has 0 fully saturated rings. The molecule has 0 heteroatoms. The molecular weight excluding hydrogens is 324 g/mol. The van der Waals surface area contributed by atoms with Crippen LogP contribution in [-0.4, -0.2) is 0 Å². The zero-order chi connectivity index (χ0) is 19.4. The molecule has 3 aromatic carbocycles. The van der Waals surface area contributed by atoms with Crippen molar-refractivity contribution >= 4 is 0 Å². The molecule has 0 N–H and O–H groups in total. The van der Waals surface area contributed by atoms with Gasteiger partial charge in [0, 0.05) is 0 Å². The lowest BCUT2D eigenvalue weighted by Crippen LogP contribution is -1.98. The second-order valence-electron chi connectivity index (χ2n) is 7.79. The topological polar surface area (TPSA) is 0 Å². The lowest BCUT2D eigenvalue weighted by atomic mass is 9.85. The molecular formula is C27H32. The molecule has 3 aromatic rings. The Kier molecular flexibility index (Phi) is 6.16. The molecule has 0 radical (unpaired) electrons. The van der Waals surface area contributed by atoms with E-state index in [1.54, 1.807) is 0 Å². The van der Waals surface area contributed by atoms with Crippen molar-refractivity contribution in [3.05, 3.63) is 82.9 Å². The van der Waals surface area contributed by atoms with E-state index in [1.807, 2.05) is 0 Å². The molecule has 140 valence electrons. The summed E-state index contributed by atoms with van der Waals surface area (Å²) in [6.07, 6.45) is 3.46. The van der Waals surface area contributed by atoms with Gasteiger partial charge in [0.1, 0.15) is 0 Å². The van der Waals surface area contributed by atoms with E-state index < -0.39 is 0 Å². The second-order valence-corrected chi connectivity index (χ2v) is 7.79. The molecule has 0 amide bonds. The summed E-state index contributed by atoms with van der Waals surface area (Å²) >= 11 is 0. The van der Waals surface area contributed by atoms with Crippen LogP contribution in [0.1, 0.15) is 61.8 Å². The van der Waals surface area contributed by atoms with Crippen molar-refractivity contribution in [3.63, 3.8) is 0 Å². The molecule has 1 atom stereocenters. The monoisotopic (exact) mass is 356 g/mol. The first-order valence-electron chi connectivity index (χ1n) is 10.4. The molecule has 3 rings (SSSR count). The van der Waals surface area contributed by atoms with Crippen molar-refractivity contribution in [2.24, 2.45) is 0 Å². The first-order chi connectivity index (χ1) is 13.1. The van der Waals surface area contributed by atoms with Crippen molar-refractivity contribution in [2.75, 3.05) is 0 Å². The minimum absolute atomic E-state index is 0.567. The van der Waals surface area contributed by atoms with Gasteiger partial charge in [-0.2, -0.15) is 0 Å². The van der Waals surface area contributed by atoms with Crippen molar-refractivity contribution in [2.45, 2.75) is 59.8 Å². The molecule has 0 aromatic heterocycles. The maximum atomic E-state index is 2.43. The molecule has 0 aliphatic heterocycles. The molecule has 0 heterocycles. The van der Waals surface area contributed by atoms with Crippen LogP contribution in [0.15, 0.2) is 60.7 Å². The number of benzene rings is 3. The van der Waals surface area contributed by atoms with E-state index in [9.17, 15) is 0 Å². The third-order valence-corrected chi connectivity index (χ3v) is 5.79. The molecule has 27 heavy (non-hydrogen) atoms. The predicted octanol–water partition coefficient (Wildman–Crippen LogP) is 8.10. The highest BCUT2D eigenvalue weighted by molar-refractivity contribution is 5.80. The van der Waals surface area contributed by atoms with Gasteiger partial charge in [-0.15, -0.1) is 0 Å². The summed E-state index contributed by atoms with van der Waals surface area (Å²) in [4.78, 5) is 0. The van der Waals surface area contributed by atoms with Crippen molar-refractivity contribution in [1.82, 2.24) is 0 Å². The average molecular weight is 357 g/mol. The van der Waals surface area contributed by atoms with Gasteiger partial charge in [0.15, 0.2) is 0 Å². The fraction of sp³-hybridized carbons (Fsp3) is 0.333. The van der Waals surface area contributed by atoms with Gasteiger partial charge in [0.25, 0.3) is 0 Å². The summed E-state index contributed by atoms with van der Waals surface area (Å²) in [5.41, 5.74) is 11.2. The lowest BCUT2D eigenvalue weighted by Gasteiger charge is -2.19. The van der Waals surface area contributed by atoms with E-state index in [1.165, 1.54) is 50.9 Å². The standard InChI is InChI=1S/C27H32/c1-6-12-22-13-8-9-15-24(22)26-18-27(21(5)17-20(26)4)25-16-11-10-14-23(25)19(3)7-2/h8-11,13-19H,6-7,12H2,1-5H3. The van der Waals surface area contributed by atoms with Crippen LogP contribution in [0.2, 0.25) is 0 Å². The third kappa shape index (κ3) is 4.00. The van der Waals surface area contributed by atoms with E-state index in [4.69, 9.17) is 0 Å². The Hall–Kier alpha value is -2.34. The van der Waals surface area contributed by atoms with Crippen LogP contribution in [0, 0.1) is 13.8 Å². The maximum absolute atomic E-state index is 2.43. The minimum Gasteiger partial charge on any atom is -0.0651 e. The quantitative estimate of drug-likeness (QED) is 0.418. The minimum atomic E-state index is 0.567. The van der Waals surface area contributed by atoms with E-state index in [0.717, 1.165) is 12.8 Å². The third-order valence-electron chi connectivity index (χ3n) is 5.79. The van der Waals surface area contributed by atoms with Gasteiger partial charge in [0.05, 0.1) is 0 Å². The summed E-state index contributed by atoms with van der Waals surface area (Å²) in [6.45, 7) is 11.4. The van der Waals surface area contributed by atoms with Gasteiger partial charge in [-0.3, -0.25) is 0 Å². The first kappa shape index (κ1) is 19.4. The molecule has 0 bridgehead atoms. The van der Waals surface area contributed by atoms with Gasteiger partial charge in [0.2, 0.25) is 0 Å². The summed E-state index contributed by atoms with van der Waals surface area (Å²) in [6, 6.07) is 22.6. The van der Waals surface area contributed by atoms with Crippen LogP contribution in [-0.2, 0) is 6.42 Å². The first-order valence-corrected chi connectivity index (χ1v) is 10.4. The Balaban J connectivity index is 2.21. The fourth-order valence-corrected chi connectivity index (χ4v) is 4.09. The highest BCUT2D eigenvalue weighted by atomic mass is 14.2. The molecule has 0 aliphatic rings. The molecule has 0 nitrogen and oxygen atoms in total. The highest BCUT2D eigenvalue weighted by Gasteiger charge is 2.15. The van der Waals surface area contributed by atoms with Crippen molar-refractivity contribution in [1.29, 1.82) is 0 Å². The number of hydrogen-bond acceptors (Lipinski definition) is 0. The smallest absolute Gasteiger partial charge is 0.0145 e. The normalized spacial score (nSPS) is 12.2. The Morgan fingerprint density at radius 3 is 1.96 bits per heavy atom. The van der Waals surface area contributed by atoms with Crippen LogP contribution in [0.5, 0.6) is 0 Å². The van der Waals surface area contributed by atoms with Crippen molar-refractivity contribution < 1.29 is 0 Å². The van der Waals surface area contributed by atoms with Crippen LogP contribution in [0.3, 0.4) is 0 Å². The Morgan fingerprint density at radius 1 is 0.704 bits per heavy atom. The lowest BCUT2D eigenvalue weighted by molar-refractivity contribution is 0.735. The van der Waals surface area contributed by atoms with Crippen LogP contribution in [0.25, 0.3) is 22.3 Å². The largest absolute Gasteiger partial charge is 0.0651 e. The van der Waals surface area contributed by atoms with Gasteiger partial charge in [-0.05, 0) is 83.2 Å². The molecule has 0 aliphatic carbocycles. The number of hydrogen-bond donors (Lipinski definition) is 0. The predicted molar refractivity (Wildman–Crippen MR) is 119 cm³/mol. The maximum Gasteiger partial charge on any atom is -0.0145 e. The SMILES string of the molecule is CCCc1ccccc1-c1cc(-c2ccccc2C(C)CC)c(C)cc1C. The Morgan fingerprint density at radius 2 is 1.30 bits per heavy atom. The molecule has 0 saturated carbocycles. The van der Waals surface area contributed by atoms with Gasteiger partial charge in [-0.1, -0.05) is 81.8 Å². The van der Waals surface area contributed by atoms with Crippen LogP contribution in [0.4, 0.5) is 0 Å². The second kappa shape index (κ2) is 8.57. The zero-order valence-electron chi connectivity index (χ0n) is 17.5. The average Bonchev–Trinajstić information content (AvgIpc) is 2.68. The summed E-state index contributed by atoms with van der Waals surface area (Å²) in [5, 5.41) is 0. The van der Waals surface area contributed by atoms with Gasteiger partial charge < -0.3 is 0 Å². The molecule has 1 unspecified atom stereocenters. The van der Waals surface area contributed by atoms with E-state index in [-0.39, 0.29) is 0 Å². The van der Waals surface area contributed by atoms with Gasteiger partial charge in [-0.25, -0.2) is 0 Å². The van der Waals surface area contributed by atoms with Crippen LogP contribution >= 0.6 is 0 Å². The summed E-state index contributed by atoms with van der Waals surface area (Å²) in [5.74, 6) is 0.567. The highest BCUT2D eigenvalue weighted by Crippen LogP contribution is 2.37. The molecule has 0 saturated heterocycles. The van der Waals surface area contributed by atoms with E-state index in [2.05, 4.69) is 95.3 Å². The summed E-state index contributed by atoms with van der Waals surface area (Å²) in [7, 11) is 0. The van der Waals surface area contributed by atoms with Crippen molar-refractivity contribution in [3.8, 4) is 22.3 Å². The Labute approximate surface area is 165 Å². The molecule has 0 spiro atoms. The van der Waals surface area contributed by atoms with Crippen LogP contribution < -0.4 is 0 Å². The zero-order valence-corrected chi connectivity index (χ0v) is 17.5. The van der Waals surface area contributed by atoms with E-state index >= 15 is 0 Å². The Bertz CT molecular complexity index is 917. The number of rotatable bonds is 6. The fourth-order valence-electron chi connectivity index (χ4n) is 4.09. The van der Waals surface area contributed by atoms with Gasteiger partial charge >= 0.3 is 0 Å².